The lowest BCUT2D eigenvalue weighted by molar-refractivity contribution is 0.988. The molecule has 4 nitrogen and oxygen atoms in total. The van der Waals surface area contributed by atoms with E-state index in [4.69, 9.17) is 23.2 Å². The Balaban J connectivity index is 0.000000198. The van der Waals surface area contributed by atoms with Crippen molar-refractivity contribution in [2.24, 2.45) is 0 Å². The Morgan fingerprint density at radius 1 is 0.206 bits per heavy atom. The van der Waals surface area contributed by atoms with Gasteiger partial charge in [-0.05, 0) is 194 Å². The molecule has 8 rings (SSSR count). The summed E-state index contributed by atoms with van der Waals surface area (Å²) < 4.78 is 8.34. The summed E-state index contributed by atoms with van der Waals surface area (Å²) in [5.74, 6) is 0. The Labute approximate surface area is 446 Å². The molecule has 0 unspecified atom stereocenters. The Kier molecular flexibility index (Phi) is 19.6. The van der Waals surface area contributed by atoms with Crippen molar-refractivity contribution in [1.82, 2.24) is 0 Å². The van der Waals surface area contributed by atoms with Crippen LogP contribution in [0.5, 0.6) is 0 Å². The minimum absolute atomic E-state index is 0.194. The van der Waals surface area contributed by atoms with Crippen molar-refractivity contribution >= 4 is 196 Å². The fraction of sp³-hybridized carbons (Fsp3) is 0.0204. The van der Waals surface area contributed by atoms with Crippen LogP contribution in [0.3, 0.4) is 0 Å². The molecule has 14 heteroatoms. The minimum Gasteiger partial charge on any atom is -0.249 e. The summed E-state index contributed by atoms with van der Waals surface area (Å²) in [5, 5.41) is 9.05. The molecule has 0 radical (unpaired) electrons. The molecule has 0 heterocycles. The molecule has 0 atom stereocenters. The third kappa shape index (κ3) is 14.2. The van der Waals surface area contributed by atoms with Gasteiger partial charge in [0.1, 0.15) is 0 Å². The lowest BCUT2D eigenvalue weighted by atomic mass is 10.2. The first-order valence-corrected chi connectivity index (χ1v) is 26.2. The predicted molar refractivity (Wildman–Crippen MR) is 298 cm³/mol. The molecular weight excluding hydrogens is 1350 g/mol. The lowest BCUT2D eigenvalue weighted by Gasteiger charge is -2.38. The Bertz CT molecular complexity index is 2070. The Hall–Kier alpha value is -2.62. The maximum atomic E-state index is 4.76. The highest BCUT2D eigenvalue weighted by Gasteiger charge is 2.23. The van der Waals surface area contributed by atoms with Gasteiger partial charge in [0.25, 0.3) is 0 Å². The number of rotatable bonds is 10. The van der Waals surface area contributed by atoms with Gasteiger partial charge in [-0.2, -0.15) is 0 Å². The fourth-order valence-electron chi connectivity index (χ4n) is 6.18. The zero-order chi connectivity index (χ0) is 44.9. The minimum atomic E-state index is 0.194. The zero-order valence-corrected chi connectivity index (χ0v) is 47.0. The van der Waals surface area contributed by atoms with E-state index in [-0.39, 0.29) is 5.34 Å². The summed E-state index contributed by atoms with van der Waals surface area (Å²) >= 11 is 38.0. The number of halogens is 10. The molecule has 8 aromatic carbocycles. The van der Waals surface area contributed by atoms with Crippen LogP contribution in [0.4, 0.5) is 45.5 Å². The summed E-state index contributed by atoms with van der Waals surface area (Å²) in [6, 6.07) is 66.7. The van der Waals surface area contributed by atoms with Crippen molar-refractivity contribution in [2.75, 3.05) is 25.4 Å². The van der Waals surface area contributed by atoms with Crippen LogP contribution >= 0.6 is 151 Å². The molecule has 0 aromatic heterocycles. The quantitative estimate of drug-likeness (QED) is 0.0999. The van der Waals surface area contributed by atoms with Crippen molar-refractivity contribution in [3.63, 3.8) is 0 Å². The summed E-state index contributed by atoms with van der Waals surface area (Å²) in [5.41, 5.74) is 8.38. The van der Waals surface area contributed by atoms with Gasteiger partial charge in [0, 0.05) is 35.8 Å². The van der Waals surface area contributed by atoms with Crippen LogP contribution in [0.15, 0.2) is 230 Å². The Morgan fingerprint density at radius 3 is 0.365 bits per heavy atom. The third-order valence-electron chi connectivity index (χ3n) is 8.97. The van der Waals surface area contributed by atoms with Crippen molar-refractivity contribution in [3.05, 3.63) is 230 Å². The van der Waals surface area contributed by atoms with E-state index in [2.05, 4.69) is 342 Å². The Morgan fingerprint density at radius 2 is 0.286 bits per heavy atom. The second-order valence-corrected chi connectivity index (χ2v) is 21.3. The van der Waals surface area contributed by atoms with E-state index in [1.165, 1.54) is 0 Å². The molecular formula is C49H34Br8Cl2N4. The average molecular weight is 1390 g/mol. The molecule has 320 valence electrons. The van der Waals surface area contributed by atoms with E-state index in [0.29, 0.717) is 0 Å². The van der Waals surface area contributed by atoms with Gasteiger partial charge in [-0.1, -0.05) is 127 Å². The highest BCUT2D eigenvalue weighted by Crippen LogP contribution is 2.40. The normalized spacial score (nSPS) is 10.4. The van der Waals surface area contributed by atoms with Crippen molar-refractivity contribution < 1.29 is 0 Å². The van der Waals surface area contributed by atoms with E-state index >= 15 is 0 Å². The first-order chi connectivity index (χ1) is 30.4. The van der Waals surface area contributed by atoms with Gasteiger partial charge in [0.15, 0.2) is 0 Å². The van der Waals surface area contributed by atoms with Crippen LogP contribution in [0, 0.1) is 0 Å². The lowest BCUT2D eigenvalue weighted by Crippen LogP contribution is -2.35. The van der Waals surface area contributed by atoms with Crippen LogP contribution in [0.2, 0.25) is 0 Å². The maximum absolute atomic E-state index is 4.76. The van der Waals surface area contributed by atoms with E-state index in [1.807, 2.05) is 0 Å². The van der Waals surface area contributed by atoms with Gasteiger partial charge in [-0.25, -0.2) is 20.0 Å². The van der Waals surface area contributed by atoms with Gasteiger partial charge in [-0.15, -0.1) is 23.2 Å². The molecule has 0 aliphatic rings. The first kappa shape index (κ1) is 49.8. The standard InChI is InChI=1S/2C24H16Br4N2.CH2Cl2/c2*25-17-1-9-21(10-2-17)29(22-11-3-18(26)4-12-22)30(23-13-5-19(27)6-14-23)24-15-7-20(28)8-16-24;2-1-3/h2*1-16H;1H2. The summed E-state index contributed by atoms with van der Waals surface area (Å²) in [7, 11) is 0. The second-order valence-electron chi connectivity index (χ2n) is 13.2. The van der Waals surface area contributed by atoms with Crippen LogP contribution in [0.1, 0.15) is 0 Å². The molecule has 0 saturated carbocycles. The van der Waals surface area contributed by atoms with E-state index in [9.17, 15) is 0 Å². The summed E-state index contributed by atoms with van der Waals surface area (Å²) in [4.78, 5) is 0. The molecule has 0 N–H and O–H groups in total. The summed E-state index contributed by atoms with van der Waals surface area (Å²) in [6.07, 6.45) is 0. The van der Waals surface area contributed by atoms with E-state index in [0.717, 1.165) is 81.3 Å². The monoisotopic (exact) mass is 1380 g/mol. The van der Waals surface area contributed by atoms with E-state index in [1.54, 1.807) is 0 Å². The highest BCUT2D eigenvalue weighted by molar-refractivity contribution is 9.11. The number of anilines is 8. The molecule has 0 fully saturated rings. The molecule has 0 aliphatic heterocycles. The number of alkyl halides is 2. The van der Waals surface area contributed by atoms with Gasteiger partial charge < -0.3 is 0 Å². The van der Waals surface area contributed by atoms with Crippen LogP contribution in [0.25, 0.3) is 0 Å². The number of hydrazine groups is 2. The van der Waals surface area contributed by atoms with Crippen LogP contribution in [-0.2, 0) is 0 Å². The number of benzene rings is 8. The molecule has 0 saturated heterocycles. The molecule has 8 aromatic rings. The first-order valence-electron chi connectivity index (χ1n) is 18.8. The zero-order valence-electron chi connectivity index (χ0n) is 32.8. The smallest absolute Gasteiger partial charge is 0.0967 e. The van der Waals surface area contributed by atoms with E-state index < -0.39 is 0 Å². The van der Waals surface area contributed by atoms with Crippen LogP contribution < -0.4 is 20.0 Å². The molecule has 63 heavy (non-hydrogen) atoms. The maximum Gasteiger partial charge on any atom is 0.0967 e. The van der Waals surface area contributed by atoms with Crippen molar-refractivity contribution in [3.8, 4) is 0 Å². The average Bonchev–Trinajstić information content (AvgIpc) is 3.29. The van der Waals surface area contributed by atoms with Gasteiger partial charge in [-0.3, -0.25) is 0 Å². The van der Waals surface area contributed by atoms with Crippen LogP contribution in [-0.4, -0.2) is 5.34 Å². The number of hydrogen-bond acceptors (Lipinski definition) is 4. The number of nitrogens with zero attached hydrogens (tertiary/aromatic N) is 4. The van der Waals surface area contributed by atoms with Crippen molar-refractivity contribution in [1.29, 1.82) is 0 Å². The highest BCUT2D eigenvalue weighted by atomic mass is 79.9. The molecule has 0 spiro atoms. The topological polar surface area (TPSA) is 13.0 Å². The number of hydrogen-bond donors (Lipinski definition) is 0. The van der Waals surface area contributed by atoms with Gasteiger partial charge in [0.2, 0.25) is 0 Å². The molecule has 0 amide bonds. The third-order valence-corrected chi connectivity index (χ3v) is 13.2. The van der Waals surface area contributed by atoms with Crippen molar-refractivity contribution in [2.45, 2.75) is 0 Å². The molecule has 0 aliphatic carbocycles. The van der Waals surface area contributed by atoms with Gasteiger partial charge in [0.05, 0.1) is 50.8 Å². The fourth-order valence-corrected chi connectivity index (χ4v) is 8.29. The molecule has 0 bridgehead atoms. The summed E-state index contributed by atoms with van der Waals surface area (Å²) in [6.45, 7) is 0. The van der Waals surface area contributed by atoms with Gasteiger partial charge >= 0.3 is 0 Å². The second kappa shape index (κ2) is 24.8. The predicted octanol–water partition coefficient (Wildman–Crippen LogP) is 20.7. The largest absolute Gasteiger partial charge is 0.249 e. The SMILES string of the molecule is Brc1ccc(N(c2ccc(Br)cc2)N(c2ccc(Br)cc2)c2ccc(Br)cc2)cc1.Brc1ccc(N(c2ccc(Br)cc2)N(c2ccc(Br)cc2)c2ccc(Br)cc2)cc1.ClCCl.